The first-order valence-electron chi connectivity index (χ1n) is 7.95. The second-order valence-electron chi connectivity index (χ2n) is 5.80. The van der Waals surface area contributed by atoms with Crippen LogP contribution in [0.5, 0.6) is 0 Å². The van der Waals surface area contributed by atoms with Crippen LogP contribution in [0.4, 0.5) is 0 Å². The quantitative estimate of drug-likeness (QED) is 0.730. The van der Waals surface area contributed by atoms with Crippen LogP contribution in [0.2, 0.25) is 0 Å². The van der Waals surface area contributed by atoms with Gasteiger partial charge < -0.3 is 10.4 Å². The van der Waals surface area contributed by atoms with Gasteiger partial charge in [-0.05, 0) is 37.0 Å². The molecule has 0 bridgehead atoms. The molecule has 8 heteroatoms. The summed E-state index contributed by atoms with van der Waals surface area (Å²) in [6, 6.07) is 6.24. The predicted octanol–water partition coefficient (Wildman–Crippen LogP) is 1.21. The minimum Gasteiger partial charge on any atom is -0.478 e. The number of amides is 1. The van der Waals surface area contributed by atoms with Gasteiger partial charge >= 0.3 is 5.97 Å². The number of nitrogens with one attached hydrogen (secondary N) is 1. The van der Waals surface area contributed by atoms with Gasteiger partial charge in [-0.2, -0.15) is 0 Å². The zero-order valence-corrected chi connectivity index (χ0v) is 14.2. The van der Waals surface area contributed by atoms with E-state index < -0.39 is 16.0 Å². The smallest absolute Gasteiger partial charge is 0.335 e. The van der Waals surface area contributed by atoms with Crippen molar-refractivity contribution >= 4 is 21.9 Å². The lowest BCUT2D eigenvalue weighted by molar-refractivity contribution is -0.121. The van der Waals surface area contributed by atoms with Gasteiger partial charge in [-0.1, -0.05) is 12.1 Å². The molecule has 0 spiro atoms. The van der Waals surface area contributed by atoms with E-state index in [9.17, 15) is 18.0 Å². The lowest BCUT2D eigenvalue weighted by Crippen LogP contribution is -2.31. The highest BCUT2D eigenvalue weighted by Gasteiger charge is 2.24. The second-order valence-corrected chi connectivity index (χ2v) is 7.89. The number of aromatic carboxylic acids is 1. The van der Waals surface area contributed by atoms with E-state index in [1.54, 1.807) is 12.1 Å². The van der Waals surface area contributed by atoms with Crippen LogP contribution in [0.15, 0.2) is 24.3 Å². The van der Waals surface area contributed by atoms with E-state index >= 15 is 0 Å². The summed E-state index contributed by atoms with van der Waals surface area (Å²) in [5, 5.41) is 11.5. The molecule has 132 valence electrons. The molecule has 24 heavy (non-hydrogen) atoms. The molecule has 0 atom stereocenters. The Kier molecular flexibility index (Phi) is 6.33. The van der Waals surface area contributed by atoms with Crippen molar-refractivity contribution in [2.75, 3.05) is 18.8 Å². The maximum absolute atomic E-state index is 12.0. The molecule has 1 amide bonds. The molecule has 1 heterocycles. The Morgan fingerprint density at radius 1 is 1.12 bits per heavy atom. The minimum absolute atomic E-state index is 0.00622. The maximum Gasteiger partial charge on any atom is 0.335 e. The summed E-state index contributed by atoms with van der Waals surface area (Å²) >= 11 is 0. The number of benzene rings is 1. The molecule has 0 aliphatic carbocycles. The number of carbonyl (C=O) groups excluding carboxylic acids is 1. The van der Waals surface area contributed by atoms with E-state index in [1.807, 2.05) is 0 Å². The van der Waals surface area contributed by atoms with Crippen LogP contribution in [0, 0.1) is 0 Å². The van der Waals surface area contributed by atoms with Gasteiger partial charge in [0.25, 0.3) is 0 Å². The number of hydrogen-bond donors (Lipinski definition) is 2. The molecule has 2 N–H and O–H groups in total. The van der Waals surface area contributed by atoms with Crippen LogP contribution >= 0.6 is 0 Å². The Balaban J connectivity index is 1.70. The summed E-state index contributed by atoms with van der Waals surface area (Å²) in [7, 11) is -3.24. The van der Waals surface area contributed by atoms with Crippen molar-refractivity contribution < 1.29 is 23.1 Å². The number of rotatable bonds is 8. The maximum atomic E-state index is 12.0. The molecule has 0 radical (unpaired) electrons. The average molecular weight is 354 g/mol. The third kappa shape index (κ3) is 5.31. The number of carbonyl (C=O) groups is 2. The van der Waals surface area contributed by atoms with Crippen molar-refractivity contribution in [1.82, 2.24) is 9.62 Å². The highest BCUT2D eigenvalue weighted by atomic mass is 32.2. The van der Waals surface area contributed by atoms with Gasteiger partial charge in [0, 0.05) is 26.1 Å². The Bertz CT molecular complexity index is 679. The summed E-state index contributed by atoms with van der Waals surface area (Å²) in [4.78, 5) is 22.5. The van der Waals surface area contributed by atoms with E-state index in [2.05, 4.69) is 5.32 Å². The largest absolute Gasteiger partial charge is 0.478 e. The summed E-state index contributed by atoms with van der Waals surface area (Å²) in [6.45, 7) is 1.46. The molecular formula is C16H22N2O5S. The van der Waals surface area contributed by atoms with E-state index in [-0.39, 0.29) is 30.2 Å². The highest BCUT2D eigenvalue weighted by Crippen LogP contribution is 2.14. The fourth-order valence-electron chi connectivity index (χ4n) is 2.56. The van der Waals surface area contributed by atoms with Gasteiger partial charge in [0.2, 0.25) is 15.9 Å². The van der Waals surface area contributed by atoms with Gasteiger partial charge in [-0.15, -0.1) is 0 Å². The third-order valence-electron chi connectivity index (χ3n) is 3.96. The first kappa shape index (κ1) is 18.4. The number of carboxylic acids is 1. The Morgan fingerprint density at radius 2 is 1.75 bits per heavy atom. The van der Waals surface area contributed by atoms with Crippen molar-refractivity contribution in [2.45, 2.75) is 32.2 Å². The topological polar surface area (TPSA) is 104 Å². The molecule has 2 rings (SSSR count). The lowest BCUT2D eigenvalue weighted by atomic mass is 10.1. The third-order valence-corrected chi connectivity index (χ3v) is 5.91. The Hall–Kier alpha value is -1.93. The summed E-state index contributed by atoms with van der Waals surface area (Å²) in [5.41, 5.74) is 0.982. The number of hydrogen-bond acceptors (Lipinski definition) is 4. The normalized spacial score (nSPS) is 15.3. The molecule has 0 saturated carbocycles. The van der Waals surface area contributed by atoms with Gasteiger partial charge in [0.05, 0.1) is 11.3 Å². The SMILES string of the molecule is O=C(CCCS(=O)(=O)N1CCCC1)NCc1ccc(C(=O)O)cc1. The minimum atomic E-state index is -3.24. The highest BCUT2D eigenvalue weighted by molar-refractivity contribution is 7.89. The lowest BCUT2D eigenvalue weighted by Gasteiger charge is -2.15. The zero-order valence-electron chi connectivity index (χ0n) is 13.4. The molecule has 1 fully saturated rings. The van der Waals surface area contributed by atoms with Crippen molar-refractivity contribution in [3.05, 3.63) is 35.4 Å². The van der Waals surface area contributed by atoms with Crippen molar-refractivity contribution in [2.24, 2.45) is 0 Å². The van der Waals surface area contributed by atoms with Gasteiger partial charge in [-0.3, -0.25) is 4.79 Å². The number of sulfonamides is 1. The molecule has 1 saturated heterocycles. The molecule has 1 aromatic rings. The summed E-state index contributed by atoms with van der Waals surface area (Å²) < 4.78 is 25.5. The van der Waals surface area contributed by atoms with Crippen LogP contribution in [-0.2, 0) is 21.4 Å². The number of carboxylic acid groups (broad SMARTS) is 1. The van der Waals surface area contributed by atoms with Crippen LogP contribution in [-0.4, -0.2) is 48.5 Å². The first-order valence-corrected chi connectivity index (χ1v) is 9.56. The zero-order chi connectivity index (χ0) is 17.6. The van der Waals surface area contributed by atoms with E-state index in [0.29, 0.717) is 19.5 Å². The van der Waals surface area contributed by atoms with E-state index in [4.69, 9.17) is 5.11 Å². The average Bonchev–Trinajstić information content (AvgIpc) is 3.08. The molecule has 1 aliphatic heterocycles. The molecule has 1 aromatic carbocycles. The molecular weight excluding hydrogens is 332 g/mol. The Morgan fingerprint density at radius 3 is 2.33 bits per heavy atom. The van der Waals surface area contributed by atoms with Crippen LogP contribution in [0.25, 0.3) is 0 Å². The van der Waals surface area contributed by atoms with Crippen LogP contribution in [0.1, 0.15) is 41.6 Å². The first-order chi connectivity index (χ1) is 11.4. The van der Waals surface area contributed by atoms with Crippen molar-refractivity contribution in [3.8, 4) is 0 Å². The molecule has 1 aliphatic rings. The van der Waals surface area contributed by atoms with Crippen molar-refractivity contribution in [3.63, 3.8) is 0 Å². The summed E-state index contributed by atoms with van der Waals surface area (Å²) in [6.07, 6.45) is 2.25. The predicted molar refractivity (Wildman–Crippen MR) is 89.1 cm³/mol. The fourth-order valence-corrected chi connectivity index (χ4v) is 4.15. The van der Waals surface area contributed by atoms with Crippen LogP contribution in [0.3, 0.4) is 0 Å². The monoisotopic (exact) mass is 354 g/mol. The molecule has 0 unspecified atom stereocenters. The number of nitrogens with zero attached hydrogens (tertiary/aromatic N) is 1. The summed E-state index contributed by atoms with van der Waals surface area (Å²) in [5.74, 6) is -1.22. The van der Waals surface area contributed by atoms with Gasteiger partial charge in [0.15, 0.2) is 0 Å². The molecule has 7 nitrogen and oxygen atoms in total. The standard InChI is InChI=1S/C16H22N2O5S/c19-15(4-3-11-24(22,23)18-9-1-2-10-18)17-12-13-5-7-14(8-6-13)16(20)21/h5-8H,1-4,9-12H2,(H,17,19)(H,20,21). The van der Waals surface area contributed by atoms with E-state index in [1.165, 1.54) is 16.4 Å². The van der Waals surface area contributed by atoms with Gasteiger partial charge in [0.1, 0.15) is 0 Å². The second kappa shape index (κ2) is 8.25. The van der Waals surface area contributed by atoms with Crippen molar-refractivity contribution in [1.29, 1.82) is 0 Å². The van der Waals surface area contributed by atoms with Crippen LogP contribution < -0.4 is 5.32 Å². The van der Waals surface area contributed by atoms with Gasteiger partial charge in [-0.25, -0.2) is 17.5 Å². The fraction of sp³-hybridized carbons (Fsp3) is 0.500. The molecule has 0 aromatic heterocycles. The van der Waals surface area contributed by atoms with E-state index in [0.717, 1.165) is 18.4 Å². The Labute approximate surface area is 141 Å².